The third-order valence-corrected chi connectivity index (χ3v) is 5.43. The fourth-order valence-corrected chi connectivity index (χ4v) is 4.34. The quantitative estimate of drug-likeness (QED) is 0.355. The van der Waals surface area contributed by atoms with Gasteiger partial charge in [-0.2, -0.15) is 0 Å². The summed E-state index contributed by atoms with van der Waals surface area (Å²) >= 11 is 1.85. The molecule has 2 aromatic heterocycles. The van der Waals surface area contributed by atoms with E-state index < -0.39 is 0 Å². The third-order valence-electron chi connectivity index (χ3n) is 4.32. The molecule has 0 saturated heterocycles. The minimum absolute atomic E-state index is 1.04. The van der Waals surface area contributed by atoms with Crippen molar-refractivity contribution in [3.05, 3.63) is 79.0 Å². The van der Waals surface area contributed by atoms with Gasteiger partial charge in [0.05, 0.1) is 5.69 Å². The van der Waals surface area contributed by atoms with E-state index in [9.17, 15) is 0 Å². The number of benzene rings is 3. The van der Waals surface area contributed by atoms with Crippen LogP contribution in [0.1, 0.15) is 0 Å². The van der Waals surface area contributed by atoms with Crippen molar-refractivity contribution in [2.24, 2.45) is 0 Å². The molecule has 2 heterocycles. The van der Waals surface area contributed by atoms with E-state index >= 15 is 0 Å². The Morgan fingerprint density at radius 2 is 1.52 bits per heavy atom. The normalized spacial score (nSPS) is 11.5. The van der Waals surface area contributed by atoms with Crippen LogP contribution in [0.25, 0.3) is 42.2 Å². The summed E-state index contributed by atoms with van der Waals surface area (Å²) in [5, 5.41) is 5.18. The van der Waals surface area contributed by atoms with E-state index in [4.69, 9.17) is 4.98 Å². The molecule has 0 fully saturated rings. The molecule has 2 heteroatoms. The van der Waals surface area contributed by atoms with Crippen LogP contribution in [-0.4, -0.2) is 4.98 Å². The number of thiophene rings is 1. The van der Waals surface area contributed by atoms with Crippen LogP contribution >= 0.6 is 11.3 Å². The van der Waals surface area contributed by atoms with Crippen molar-refractivity contribution < 1.29 is 0 Å². The van der Waals surface area contributed by atoms with Gasteiger partial charge in [-0.25, -0.2) is 0 Å². The van der Waals surface area contributed by atoms with Crippen LogP contribution in [0, 0.1) is 0 Å². The first-order chi connectivity index (χ1) is 11.4. The van der Waals surface area contributed by atoms with E-state index in [1.54, 1.807) is 0 Å². The average Bonchev–Trinajstić information content (AvgIpc) is 3.00. The Kier molecular flexibility index (Phi) is 2.73. The summed E-state index contributed by atoms with van der Waals surface area (Å²) in [5.74, 6) is 0. The molecular weight excluding hydrogens is 298 g/mol. The monoisotopic (exact) mass is 311 g/mol. The Balaban J connectivity index is 1.85. The van der Waals surface area contributed by atoms with Crippen LogP contribution in [0.2, 0.25) is 0 Å². The topological polar surface area (TPSA) is 12.9 Å². The van der Waals surface area contributed by atoms with Crippen molar-refractivity contribution in [3.63, 3.8) is 0 Å². The van der Waals surface area contributed by atoms with Gasteiger partial charge in [0.15, 0.2) is 0 Å². The van der Waals surface area contributed by atoms with Crippen LogP contribution in [0.15, 0.2) is 79.0 Å². The van der Waals surface area contributed by atoms with Crippen LogP contribution in [0.5, 0.6) is 0 Å². The predicted molar refractivity (Wildman–Crippen MR) is 100 cm³/mol. The standard InChI is InChI=1S/C21H13NS/c1-2-7-15(8-3-1)18-12-20-17(13-22-18)21-16-9-5-4-6-14(16)10-11-19(21)23-20/h1-13H. The van der Waals surface area contributed by atoms with E-state index in [0.717, 1.165) is 11.3 Å². The molecule has 0 atom stereocenters. The third kappa shape index (κ3) is 1.96. The van der Waals surface area contributed by atoms with Gasteiger partial charge in [0.2, 0.25) is 0 Å². The van der Waals surface area contributed by atoms with Gasteiger partial charge in [0, 0.05) is 31.9 Å². The zero-order chi connectivity index (χ0) is 15.2. The summed E-state index contributed by atoms with van der Waals surface area (Å²) in [6.45, 7) is 0. The lowest BCUT2D eigenvalue weighted by atomic mass is 10.0. The lowest BCUT2D eigenvalue weighted by Crippen LogP contribution is -1.82. The number of nitrogens with zero attached hydrogens (tertiary/aromatic N) is 1. The average molecular weight is 311 g/mol. The van der Waals surface area contributed by atoms with Crippen molar-refractivity contribution in [2.45, 2.75) is 0 Å². The summed E-state index contributed by atoms with van der Waals surface area (Å²) < 4.78 is 2.62. The minimum Gasteiger partial charge on any atom is -0.256 e. The number of aromatic nitrogens is 1. The minimum atomic E-state index is 1.04. The Labute approximate surface area is 137 Å². The highest BCUT2D eigenvalue weighted by Gasteiger charge is 2.10. The smallest absolute Gasteiger partial charge is 0.0716 e. The van der Waals surface area contributed by atoms with E-state index in [1.807, 2.05) is 23.6 Å². The SMILES string of the molecule is c1ccc(-c2cc3sc4ccc5ccccc5c4c3cn2)cc1. The largest absolute Gasteiger partial charge is 0.256 e. The van der Waals surface area contributed by atoms with E-state index in [2.05, 4.69) is 66.7 Å². The van der Waals surface area contributed by atoms with E-state index in [-0.39, 0.29) is 0 Å². The fourth-order valence-electron chi connectivity index (χ4n) is 3.21. The first kappa shape index (κ1) is 12.8. The molecule has 108 valence electrons. The number of fused-ring (bicyclic) bond motifs is 5. The highest BCUT2D eigenvalue weighted by atomic mass is 32.1. The van der Waals surface area contributed by atoms with Gasteiger partial charge in [-0.3, -0.25) is 4.98 Å². The second-order valence-electron chi connectivity index (χ2n) is 5.69. The van der Waals surface area contributed by atoms with Gasteiger partial charge < -0.3 is 0 Å². The summed E-state index contributed by atoms with van der Waals surface area (Å²) in [6.07, 6.45) is 2.03. The van der Waals surface area contributed by atoms with Crippen LogP contribution in [0.4, 0.5) is 0 Å². The molecular formula is C21H13NS. The summed E-state index contributed by atoms with van der Waals surface area (Å²) in [7, 11) is 0. The maximum Gasteiger partial charge on any atom is 0.0716 e. The lowest BCUT2D eigenvalue weighted by molar-refractivity contribution is 1.36. The number of hydrogen-bond acceptors (Lipinski definition) is 2. The molecule has 0 spiro atoms. The molecule has 5 aromatic rings. The summed E-state index contributed by atoms with van der Waals surface area (Å²) in [5.41, 5.74) is 2.20. The highest BCUT2D eigenvalue weighted by molar-refractivity contribution is 7.26. The highest BCUT2D eigenvalue weighted by Crippen LogP contribution is 2.39. The van der Waals surface area contributed by atoms with E-state index in [1.165, 1.54) is 30.9 Å². The van der Waals surface area contributed by atoms with Crippen molar-refractivity contribution in [2.75, 3.05) is 0 Å². The maximum absolute atomic E-state index is 4.71. The van der Waals surface area contributed by atoms with Crippen LogP contribution < -0.4 is 0 Å². The van der Waals surface area contributed by atoms with Gasteiger partial charge in [0.1, 0.15) is 0 Å². The molecule has 0 bridgehead atoms. The Morgan fingerprint density at radius 3 is 2.43 bits per heavy atom. The zero-order valence-corrected chi connectivity index (χ0v) is 13.2. The second-order valence-corrected chi connectivity index (χ2v) is 6.78. The lowest BCUT2D eigenvalue weighted by Gasteiger charge is -2.02. The Hall–Kier alpha value is -2.71. The molecule has 0 radical (unpaired) electrons. The molecule has 5 rings (SSSR count). The van der Waals surface area contributed by atoms with Gasteiger partial charge in [0.25, 0.3) is 0 Å². The van der Waals surface area contributed by atoms with Gasteiger partial charge in [-0.15, -0.1) is 11.3 Å². The predicted octanol–water partition coefficient (Wildman–Crippen LogP) is 6.27. The summed E-state index contributed by atoms with van der Waals surface area (Å²) in [6, 6.07) is 25.6. The van der Waals surface area contributed by atoms with E-state index in [0.29, 0.717) is 0 Å². The second kappa shape index (κ2) is 4.90. The maximum atomic E-state index is 4.71. The van der Waals surface area contributed by atoms with Gasteiger partial charge in [-0.1, -0.05) is 60.7 Å². The molecule has 0 amide bonds. The number of pyridine rings is 1. The molecule has 0 aliphatic rings. The summed E-state index contributed by atoms with van der Waals surface area (Å²) in [4.78, 5) is 4.71. The van der Waals surface area contributed by atoms with Gasteiger partial charge in [-0.05, 0) is 22.9 Å². The van der Waals surface area contributed by atoms with Crippen LogP contribution in [0.3, 0.4) is 0 Å². The first-order valence-corrected chi connectivity index (χ1v) is 8.47. The first-order valence-electron chi connectivity index (χ1n) is 7.65. The van der Waals surface area contributed by atoms with Crippen molar-refractivity contribution in [1.29, 1.82) is 0 Å². The number of rotatable bonds is 1. The van der Waals surface area contributed by atoms with Crippen molar-refractivity contribution >= 4 is 42.3 Å². The van der Waals surface area contributed by atoms with Gasteiger partial charge >= 0.3 is 0 Å². The molecule has 0 saturated carbocycles. The molecule has 1 nitrogen and oxygen atoms in total. The zero-order valence-electron chi connectivity index (χ0n) is 12.4. The van der Waals surface area contributed by atoms with Crippen LogP contribution in [-0.2, 0) is 0 Å². The molecule has 0 unspecified atom stereocenters. The molecule has 0 aliphatic carbocycles. The fraction of sp³-hybridized carbons (Fsp3) is 0. The number of hydrogen-bond donors (Lipinski definition) is 0. The molecule has 0 aliphatic heterocycles. The molecule has 3 aromatic carbocycles. The van der Waals surface area contributed by atoms with Crippen molar-refractivity contribution in [1.82, 2.24) is 4.98 Å². The molecule has 0 N–H and O–H groups in total. The Morgan fingerprint density at radius 1 is 0.696 bits per heavy atom. The molecule has 23 heavy (non-hydrogen) atoms. The van der Waals surface area contributed by atoms with Crippen molar-refractivity contribution in [3.8, 4) is 11.3 Å². The Bertz CT molecular complexity index is 1160.